The fraction of sp³-hybridized carbons (Fsp3) is 0.217. The van der Waals surface area contributed by atoms with Crippen LogP contribution in [0.25, 0.3) is 12.2 Å². The molecule has 1 unspecified atom stereocenters. The molecule has 3 rings (SSSR count). The topological polar surface area (TPSA) is 35.5 Å². The van der Waals surface area contributed by atoms with Crippen LogP contribution in [0.4, 0.5) is 0 Å². The van der Waals surface area contributed by atoms with Crippen molar-refractivity contribution >= 4 is 17.9 Å². The van der Waals surface area contributed by atoms with Crippen molar-refractivity contribution in [3.05, 3.63) is 83.6 Å². The van der Waals surface area contributed by atoms with E-state index in [9.17, 15) is 4.79 Å². The maximum absolute atomic E-state index is 12.3. The summed E-state index contributed by atoms with van der Waals surface area (Å²) < 4.78 is 11.4. The van der Waals surface area contributed by atoms with Crippen molar-refractivity contribution in [1.82, 2.24) is 0 Å². The Morgan fingerprint density at radius 3 is 2.46 bits per heavy atom. The Hall–Kier alpha value is -2.87. The highest BCUT2D eigenvalue weighted by atomic mass is 16.7. The number of hydrogen-bond acceptors (Lipinski definition) is 3. The Balaban J connectivity index is 1.58. The lowest BCUT2D eigenvalue weighted by molar-refractivity contribution is -0.105. The molecular weight excluding hydrogens is 324 g/mol. The molecule has 0 radical (unpaired) electrons. The molecular formula is C23H22O3. The highest BCUT2D eigenvalue weighted by Gasteiger charge is 2.14. The van der Waals surface area contributed by atoms with Crippen molar-refractivity contribution in [2.24, 2.45) is 0 Å². The molecule has 0 aromatic heterocycles. The molecule has 2 aromatic carbocycles. The lowest BCUT2D eigenvalue weighted by Gasteiger charge is -2.23. The molecule has 2 aromatic rings. The van der Waals surface area contributed by atoms with E-state index in [0.29, 0.717) is 5.56 Å². The Labute approximate surface area is 154 Å². The van der Waals surface area contributed by atoms with E-state index >= 15 is 0 Å². The molecule has 1 atom stereocenters. The molecule has 0 bridgehead atoms. The van der Waals surface area contributed by atoms with Gasteiger partial charge in [0.15, 0.2) is 12.1 Å². The molecule has 3 nitrogen and oxygen atoms in total. The van der Waals surface area contributed by atoms with Gasteiger partial charge < -0.3 is 9.47 Å². The summed E-state index contributed by atoms with van der Waals surface area (Å²) in [6.07, 6.45) is 8.18. The first-order chi connectivity index (χ1) is 12.7. The number of hydrogen-bond donors (Lipinski definition) is 0. The van der Waals surface area contributed by atoms with Crippen LogP contribution in [-0.4, -0.2) is 18.7 Å². The molecule has 3 heteroatoms. The summed E-state index contributed by atoms with van der Waals surface area (Å²) in [4.78, 5) is 12.3. The molecule has 1 heterocycles. The fourth-order valence-corrected chi connectivity index (χ4v) is 2.74. The quantitative estimate of drug-likeness (QED) is 0.405. The molecule has 0 aliphatic carbocycles. The average Bonchev–Trinajstić information content (AvgIpc) is 2.69. The predicted molar refractivity (Wildman–Crippen MR) is 104 cm³/mol. The average molecular weight is 346 g/mol. The second kappa shape index (κ2) is 9.00. The van der Waals surface area contributed by atoms with Crippen LogP contribution in [0.3, 0.4) is 0 Å². The van der Waals surface area contributed by atoms with Crippen LogP contribution in [-0.2, 0) is 4.74 Å². The lowest BCUT2D eigenvalue weighted by Crippen LogP contribution is -2.24. The fourth-order valence-electron chi connectivity index (χ4n) is 2.74. The zero-order chi connectivity index (χ0) is 18.2. The molecule has 0 N–H and O–H groups in total. The summed E-state index contributed by atoms with van der Waals surface area (Å²) in [5.74, 6) is 0.751. The molecule has 1 aliphatic rings. The maximum Gasteiger partial charge on any atom is 0.199 e. The second-order valence-electron chi connectivity index (χ2n) is 6.15. The van der Waals surface area contributed by atoms with E-state index < -0.39 is 0 Å². The summed E-state index contributed by atoms with van der Waals surface area (Å²) in [5, 5.41) is 0. The first-order valence-corrected chi connectivity index (χ1v) is 8.81. The number of ether oxygens (including phenoxy) is 2. The number of benzene rings is 2. The van der Waals surface area contributed by atoms with Gasteiger partial charge in [-0.05, 0) is 48.3 Å². The van der Waals surface area contributed by atoms with E-state index in [1.807, 2.05) is 36.4 Å². The SMILES string of the molecule is C=C=Cc1ccc(C(=O)/C=C/c2ccc(OC3CCCCO3)cc2)cc1. The summed E-state index contributed by atoms with van der Waals surface area (Å²) in [7, 11) is 0. The van der Waals surface area contributed by atoms with E-state index in [1.165, 1.54) is 0 Å². The zero-order valence-corrected chi connectivity index (χ0v) is 14.7. The van der Waals surface area contributed by atoms with E-state index in [1.54, 1.807) is 30.4 Å². The molecule has 0 spiro atoms. The minimum atomic E-state index is -0.148. The van der Waals surface area contributed by atoms with Crippen LogP contribution < -0.4 is 4.74 Å². The van der Waals surface area contributed by atoms with Crippen LogP contribution in [0.2, 0.25) is 0 Å². The maximum atomic E-state index is 12.3. The van der Waals surface area contributed by atoms with Gasteiger partial charge in [0.25, 0.3) is 0 Å². The summed E-state index contributed by atoms with van der Waals surface area (Å²) >= 11 is 0. The smallest absolute Gasteiger partial charge is 0.199 e. The number of ketones is 1. The summed E-state index contributed by atoms with van der Waals surface area (Å²) in [6, 6.07) is 15.0. The molecule has 0 saturated carbocycles. The standard InChI is InChI=1S/C23H22O3/c1-2-5-18-7-12-20(13-8-18)22(24)16-11-19-9-14-21(15-10-19)26-23-6-3-4-17-25-23/h5,7-16,23H,1,3-4,6,17H2/b16-11+. The van der Waals surface area contributed by atoms with Crippen molar-refractivity contribution in [3.8, 4) is 5.75 Å². The Kier molecular flexibility index (Phi) is 6.21. The van der Waals surface area contributed by atoms with Gasteiger partial charge in [-0.1, -0.05) is 49.1 Å². The molecule has 0 amide bonds. The van der Waals surface area contributed by atoms with Gasteiger partial charge in [0, 0.05) is 12.0 Å². The zero-order valence-electron chi connectivity index (χ0n) is 14.7. The van der Waals surface area contributed by atoms with Gasteiger partial charge in [0.05, 0.1) is 6.61 Å². The summed E-state index contributed by atoms with van der Waals surface area (Å²) in [5.41, 5.74) is 5.28. The van der Waals surface area contributed by atoms with E-state index in [-0.39, 0.29) is 12.1 Å². The highest BCUT2D eigenvalue weighted by Crippen LogP contribution is 2.20. The van der Waals surface area contributed by atoms with Crippen molar-refractivity contribution in [2.75, 3.05) is 6.61 Å². The van der Waals surface area contributed by atoms with Crippen molar-refractivity contribution in [2.45, 2.75) is 25.6 Å². The van der Waals surface area contributed by atoms with E-state index in [2.05, 4.69) is 12.3 Å². The van der Waals surface area contributed by atoms with Gasteiger partial charge in [0.2, 0.25) is 0 Å². The highest BCUT2D eigenvalue weighted by molar-refractivity contribution is 6.06. The van der Waals surface area contributed by atoms with Gasteiger partial charge in [-0.3, -0.25) is 4.79 Å². The van der Waals surface area contributed by atoms with E-state index in [0.717, 1.165) is 42.7 Å². The van der Waals surface area contributed by atoms with Crippen LogP contribution in [0.5, 0.6) is 5.75 Å². The number of carbonyl (C=O) groups is 1. The molecule has 132 valence electrons. The molecule has 26 heavy (non-hydrogen) atoms. The van der Waals surface area contributed by atoms with Crippen molar-refractivity contribution in [3.63, 3.8) is 0 Å². The molecule has 1 saturated heterocycles. The Bertz CT molecular complexity index is 804. The third-order valence-corrected chi connectivity index (χ3v) is 4.18. The van der Waals surface area contributed by atoms with Gasteiger partial charge in [-0.2, -0.15) is 0 Å². The van der Waals surface area contributed by atoms with Gasteiger partial charge in [-0.25, -0.2) is 0 Å². The minimum absolute atomic E-state index is 0.0323. The third kappa shape index (κ3) is 5.06. The first-order valence-electron chi connectivity index (χ1n) is 8.81. The van der Waals surface area contributed by atoms with Crippen LogP contribution >= 0.6 is 0 Å². The summed E-state index contributed by atoms with van der Waals surface area (Å²) in [6.45, 7) is 4.30. The number of carbonyl (C=O) groups excluding carboxylic acids is 1. The number of rotatable bonds is 6. The van der Waals surface area contributed by atoms with Crippen molar-refractivity contribution < 1.29 is 14.3 Å². The van der Waals surface area contributed by atoms with Gasteiger partial charge in [0.1, 0.15) is 5.75 Å². The van der Waals surface area contributed by atoms with Crippen molar-refractivity contribution in [1.29, 1.82) is 0 Å². The van der Waals surface area contributed by atoms with Crippen LogP contribution in [0.1, 0.15) is 40.7 Å². The Morgan fingerprint density at radius 1 is 1.08 bits per heavy atom. The predicted octanol–water partition coefficient (Wildman–Crippen LogP) is 5.29. The normalized spacial score (nSPS) is 16.8. The minimum Gasteiger partial charge on any atom is -0.465 e. The largest absolute Gasteiger partial charge is 0.465 e. The van der Waals surface area contributed by atoms with Gasteiger partial charge in [-0.15, -0.1) is 5.73 Å². The Morgan fingerprint density at radius 2 is 1.81 bits per heavy atom. The number of allylic oxidation sites excluding steroid dienone is 1. The lowest BCUT2D eigenvalue weighted by atomic mass is 10.1. The second-order valence-corrected chi connectivity index (χ2v) is 6.15. The van der Waals surface area contributed by atoms with Crippen LogP contribution in [0, 0.1) is 0 Å². The van der Waals surface area contributed by atoms with Crippen LogP contribution in [0.15, 0.2) is 66.9 Å². The first kappa shape index (κ1) is 17.9. The third-order valence-electron chi connectivity index (χ3n) is 4.18. The monoisotopic (exact) mass is 346 g/mol. The van der Waals surface area contributed by atoms with E-state index in [4.69, 9.17) is 9.47 Å². The molecule has 1 aliphatic heterocycles. The molecule has 1 fully saturated rings. The van der Waals surface area contributed by atoms with Gasteiger partial charge >= 0.3 is 0 Å².